The number of ether oxygens (including phenoxy) is 2. The minimum atomic E-state index is -0.949. The summed E-state index contributed by atoms with van der Waals surface area (Å²) >= 11 is 11.9. The Morgan fingerprint density at radius 1 is 0.923 bits per heavy atom. The fraction of sp³-hybridized carbons (Fsp3) is 0.368. The van der Waals surface area contributed by atoms with Crippen LogP contribution in [0.5, 0.6) is 11.5 Å². The van der Waals surface area contributed by atoms with Gasteiger partial charge in [0.1, 0.15) is 24.7 Å². The molecule has 142 valence electrons. The third kappa shape index (κ3) is 6.34. The second kappa shape index (κ2) is 10.00. The summed E-state index contributed by atoms with van der Waals surface area (Å²) < 4.78 is 11.2. The Morgan fingerprint density at radius 3 is 2.19 bits per heavy atom. The first-order valence-electron chi connectivity index (χ1n) is 8.26. The molecule has 0 aliphatic rings. The number of benzene rings is 2. The molecule has 4 N–H and O–H groups in total. The molecule has 0 aromatic heterocycles. The van der Waals surface area contributed by atoms with Crippen molar-refractivity contribution in [2.45, 2.75) is 18.4 Å². The lowest BCUT2D eigenvalue weighted by atomic mass is 9.94. The van der Waals surface area contributed by atoms with Crippen LogP contribution in [-0.4, -0.2) is 42.2 Å². The fourth-order valence-corrected chi connectivity index (χ4v) is 2.72. The van der Waals surface area contributed by atoms with Crippen molar-refractivity contribution in [2.75, 3.05) is 26.4 Å². The fourth-order valence-electron chi connectivity index (χ4n) is 2.26. The van der Waals surface area contributed by atoms with E-state index < -0.39 is 5.54 Å². The highest BCUT2D eigenvalue weighted by Crippen LogP contribution is 2.27. The Kier molecular flexibility index (Phi) is 8.00. The summed E-state index contributed by atoms with van der Waals surface area (Å²) in [6, 6.07) is 12.6. The summed E-state index contributed by atoms with van der Waals surface area (Å²) in [5.41, 5.74) is 5.97. The largest absolute Gasteiger partial charge is 0.490 e. The molecule has 0 aliphatic heterocycles. The molecule has 0 saturated carbocycles. The zero-order valence-corrected chi connectivity index (χ0v) is 15.8. The summed E-state index contributed by atoms with van der Waals surface area (Å²) in [4.78, 5) is 0. The summed E-state index contributed by atoms with van der Waals surface area (Å²) in [5, 5.41) is 19.4. The van der Waals surface area contributed by atoms with Crippen molar-refractivity contribution in [2.24, 2.45) is 5.73 Å². The molecule has 7 heteroatoms. The quantitative estimate of drug-likeness (QED) is 0.534. The first-order chi connectivity index (χ1) is 12.5. The van der Waals surface area contributed by atoms with Gasteiger partial charge in [-0.05, 0) is 48.7 Å². The minimum Gasteiger partial charge on any atom is -0.490 e. The standard InChI is InChI=1S/C19H23Cl2NO4/c20-15-3-6-18(17(21)11-15)26-10-9-25-16-4-1-14(2-5-16)7-8-19(22,12-23)13-24/h1-6,11,23-24H,7-10,12-13,22H2. The minimum absolute atomic E-state index is 0.248. The van der Waals surface area contributed by atoms with Gasteiger partial charge in [0.2, 0.25) is 0 Å². The second-order valence-corrected chi connectivity index (χ2v) is 6.94. The number of rotatable bonds is 10. The van der Waals surface area contributed by atoms with Gasteiger partial charge in [-0.2, -0.15) is 0 Å². The Hall–Kier alpha value is -1.50. The van der Waals surface area contributed by atoms with Gasteiger partial charge in [0.05, 0.1) is 23.8 Å². The van der Waals surface area contributed by atoms with Gasteiger partial charge in [-0.25, -0.2) is 0 Å². The molecule has 0 aliphatic carbocycles. The molecule has 2 aromatic rings. The molecule has 2 rings (SSSR count). The van der Waals surface area contributed by atoms with Crippen molar-refractivity contribution in [1.82, 2.24) is 0 Å². The molecular weight excluding hydrogens is 377 g/mol. The van der Waals surface area contributed by atoms with E-state index in [9.17, 15) is 10.2 Å². The lowest BCUT2D eigenvalue weighted by molar-refractivity contribution is 0.115. The van der Waals surface area contributed by atoms with Crippen LogP contribution in [-0.2, 0) is 6.42 Å². The van der Waals surface area contributed by atoms with E-state index in [1.54, 1.807) is 18.2 Å². The Morgan fingerprint density at radius 2 is 1.58 bits per heavy atom. The first kappa shape index (κ1) is 20.8. The number of nitrogens with two attached hydrogens (primary N) is 1. The van der Waals surface area contributed by atoms with Crippen LogP contribution in [0, 0.1) is 0 Å². The number of aliphatic hydroxyl groups is 2. The van der Waals surface area contributed by atoms with Crippen molar-refractivity contribution in [3.05, 3.63) is 58.1 Å². The second-order valence-electron chi connectivity index (χ2n) is 6.09. The van der Waals surface area contributed by atoms with Crippen molar-refractivity contribution in [3.63, 3.8) is 0 Å². The molecule has 0 fully saturated rings. The highest BCUT2D eigenvalue weighted by Gasteiger charge is 2.22. The predicted octanol–water partition coefficient (Wildman–Crippen LogP) is 3.07. The zero-order chi connectivity index (χ0) is 19.0. The van der Waals surface area contributed by atoms with Crippen molar-refractivity contribution in [1.29, 1.82) is 0 Å². The topological polar surface area (TPSA) is 84.9 Å². The van der Waals surface area contributed by atoms with Gasteiger partial charge < -0.3 is 25.4 Å². The number of hydrogen-bond acceptors (Lipinski definition) is 5. The Labute approximate surface area is 163 Å². The van der Waals surface area contributed by atoms with E-state index in [4.69, 9.17) is 38.4 Å². The van der Waals surface area contributed by atoms with Crippen LogP contribution in [0.3, 0.4) is 0 Å². The lowest BCUT2D eigenvalue weighted by Crippen LogP contribution is -2.47. The maximum atomic E-state index is 9.21. The van der Waals surface area contributed by atoms with Crippen LogP contribution in [0.2, 0.25) is 10.0 Å². The van der Waals surface area contributed by atoms with E-state index in [2.05, 4.69) is 0 Å². The number of halogens is 2. The number of hydrogen-bond donors (Lipinski definition) is 3. The molecule has 26 heavy (non-hydrogen) atoms. The molecule has 0 bridgehead atoms. The molecule has 5 nitrogen and oxygen atoms in total. The van der Waals surface area contributed by atoms with E-state index in [1.807, 2.05) is 24.3 Å². The molecule has 0 amide bonds. The van der Waals surface area contributed by atoms with Crippen LogP contribution in [0.1, 0.15) is 12.0 Å². The van der Waals surface area contributed by atoms with Crippen LogP contribution >= 0.6 is 23.2 Å². The third-order valence-electron chi connectivity index (χ3n) is 3.97. The molecule has 0 saturated heterocycles. The number of aryl methyl sites for hydroxylation is 1. The molecular formula is C19H23Cl2NO4. The van der Waals surface area contributed by atoms with Crippen molar-refractivity contribution < 1.29 is 19.7 Å². The zero-order valence-electron chi connectivity index (χ0n) is 14.3. The smallest absolute Gasteiger partial charge is 0.138 e. The van der Waals surface area contributed by atoms with Crippen molar-refractivity contribution in [3.8, 4) is 11.5 Å². The van der Waals surface area contributed by atoms with E-state index in [1.165, 1.54) is 0 Å². The van der Waals surface area contributed by atoms with Gasteiger partial charge in [0.25, 0.3) is 0 Å². The summed E-state index contributed by atoms with van der Waals surface area (Å²) in [7, 11) is 0. The average molecular weight is 400 g/mol. The van der Waals surface area contributed by atoms with E-state index in [-0.39, 0.29) is 13.2 Å². The lowest BCUT2D eigenvalue weighted by Gasteiger charge is -2.24. The van der Waals surface area contributed by atoms with E-state index in [0.717, 1.165) is 11.3 Å². The molecule has 0 heterocycles. The van der Waals surface area contributed by atoms with Crippen LogP contribution in [0.15, 0.2) is 42.5 Å². The molecule has 0 atom stereocenters. The van der Waals surface area contributed by atoms with Gasteiger partial charge in [0, 0.05) is 5.02 Å². The summed E-state index contributed by atoms with van der Waals surface area (Å²) in [5.74, 6) is 1.29. The molecule has 0 spiro atoms. The van der Waals surface area contributed by atoms with Gasteiger partial charge in [-0.3, -0.25) is 0 Å². The van der Waals surface area contributed by atoms with Gasteiger partial charge >= 0.3 is 0 Å². The maximum absolute atomic E-state index is 9.21. The van der Waals surface area contributed by atoms with Gasteiger partial charge in [-0.1, -0.05) is 35.3 Å². The summed E-state index contributed by atoms with van der Waals surface area (Å²) in [6.07, 6.45) is 1.16. The van der Waals surface area contributed by atoms with E-state index in [0.29, 0.717) is 41.9 Å². The third-order valence-corrected chi connectivity index (χ3v) is 4.50. The monoisotopic (exact) mass is 399 g/mol. The first-order valence-corrected chi connectivity index (χ1v) is 9.01. The number of aliphatic hydroxyl groups excluding tert-OH is 2. The average Bonchev–Trinajstić information content (AvgIpc) is 2.65. The van der Waals surface area contributed by atoms with E-state index >= 15 is 0 Å². The molecule has 2 aromatic carbocycles. The Balaban J connectivity index is 1.75. The normalized spacial score (nSPS) is 11.4. The van der Waals surface area contributed by atoms with Gasteiger partial charge in [0.15, 0.2) is 0 Å². The Bertz CT molecular complexity index is 690. The summed E-state index contributed by atoms with van der Waals surface area (Å²) in [6.45, 7) is 0.232. The molecule has 0 radical (unpaired) electrons. The van der Waals surface area contributed by atoms with Crippen LogP contribution in [0.25, 0.3) is 0 Å². The van der Waals surface area contributed by atoms with Gasteiger partial charge in [-0.15, -0.1) is 0 Å². The predicted molar refractivity (Wildman–Crippen MR) is 103 cm³/mol. The van der Waals surface area contributed by atoms with Crippen molar-refractivity contribution >= 4 is 23.2 Å². The van der Waals surface area contributed by atoms with Crippen LogP contribution in [0.4, 0.5) is 0 Å². The maximum Gasteiger partial charge on any atom is 0.138 e. The SMILES string of the molecule is NC(CO)(CO)CCc1ccc(OCCOc2ccc(Cl)cc2Cl)cc1. The molecule has 0 unspecified atom stereocenters. The highest BCUT2D eigenvalue weighted by atomic mass is 35.5. The van der Waals surface area contributed by atoms with Crippen LogP contribution < -0.4 is 15.2 Å². The highest BCUT2D eigenvalue weighted by molar-refractivity contribution is 6.35.